The monoisotopic (exact) mass is 400 g/mol. The van der Waals surface area contributed by atoms with Crippen molar-refractivity contribution in [2.45, 2.75) is 26.0 Å². The fraction of sp³-hybridized carbons (Fsp3) is 0.190. The van der Waals surface area contributed by atoms with E-state index in [-0.39, 0.29) is 24.8 Å². The Morgan fingerprint density at radius 3 is 2.64 bits per heavy atom. The smallest absolute Gasteiger partial charge is 0.308 e. The summed E-state index contributed by atoms with van der Waals surface area (Å²) in [6.07, 6.45) is 1.51. The van der Waals surface area contributed by atoms with E-state index in [0.717, 1.165) is 5.56 Å². The van der Waals surface area contributed by atoms with Gasteiger partial charge in [0.2, 0.25) is 5.91 Å². The van der Waals surface area contributed by atoms with E-state index in [1.54, 1.807) is 48.7 Å². The van der Waals surface area contributed by atoms with E-state index in [4.69, 9.17) is 16.3 Å². The van der Waals surface area contributed by atoms with Gasteiger partial charge in [0, 0.05) is 29.1 Å². The predicted octanol–water partition coefficient (Wildman–Crippen LogP) is 4.34. The molecule has 144 valence electrons. The molecule has 1 atom stereocenters. The average molecular weight is 401 g/mol. The summed E-state index contributed by atoms with van der Waals surface area (Å²) in [5, 5.41) is 3.66. The van der Waals surface area contributed by atoms with Gasteiger partial charge in [0.15, 0.2) is 0 Å². The maximum atomic E-state index is 13.9. The molecule has 5 nitrogen and oxygen atoms in total. The molecule has 0 fully saturated rings. The number of ether oxygens (including phenoxy) is 1. The van der Waals surface area contributed by atoms with Crippen molar-refractivity contribution in [3.8, 4) is 0 Å². The summed E-state index contributed by atoms with van der Waals surface area (Å²) in [7, 11) is 0. The van der Waals surface area contributed by atoms with Crippen molar-refractivity contribution < 1.29 is 18.7 Å². The van der Waals surface area contributed by atoms with Crippen molar-refractivity contribution in [1.82, 2.24) is 10.3 Å². The van der Waals surface area contributed by atoms with Crippen molar-refractivity contribution in [1.29, 1.82) is 0 Å². The van der Waals surface area contributed by atoms with Gasteiger partial charge in [-0.2, -0.15) is 0 Å². The molecule has 0 aliphatic heterocycles. The molecule has 1 heterocycles. The lowest BCUT2D eigenvalue weighted by Gasteiger charge is -2.18. The highest BCUT2D eigenvalue weighted by Gasteiger charge is 2.19. The van der Waals surface area contributed by atoms with Crippen molar-refractivity contribution in [3.05, 3.63) is 76.7 Å². The zero-order valence-electron chi connectivity index (χ0n) is 15.1. The Kier molecular flexibility index (Phi) is 6.21. The second kappa shape index (κ2) is 8.80. The Morgan fingerprint density at radius 1 is 1.18 bits per heavy atom. The highest BCUT2D eigenvalue weighted by atomic mass is 35.5. The molecule has 28 heavy (non-hydrogen) atoms. The minimum atomic E-state index is -0.537. The normalized spacial score (nSPS) is 11.8. The summed E-state index contributed by atoms with van der Waals surface area (Å²) in [4.78, 5) is 28.0. The molecule has 2 aromatic carbocycles. The van der Waals surface area contributed by atoms with Crippen LogP contribution in [0.15, 0.2) is 54.7 Å². The molecule has 0 radical (unpaired) electrons. The maximum Gasteiger partial charge on any atom is 0.308 e. The number of fused-ring (bicyclic) bond motifs is 1. The van der Waals surface area contributed by atoms with Crippen LogP contribution < -0.4 is 5.32 Å². The summed E-state index contributed by atoms with van der Waals surface area (Å²) < 4.78 is 19.2. The van der Waals surface area contributed by atoms with Crippen molar-refractivity contribution in [2.24, 2.45) is 0 Å². The molecule has 0 saturated carbocycles. The molecule has 1 aromatic heterocycles. The van der Waals surface area contributed by atoms with Gasteiger partial charge in [-0.1, -0.05) is 29.8 Å². The van der Waals surface area contributed by atoms with Gasteiger partial charge in [-0.3, -0.25) is 14.6 Å². The van der Waals surface area contributed by atoms with E-state index in [2.05, 4.69) is 10.3 Å². The SMILES string of the molecule is CC(=O)N[C@H](CC(=O)OCc1ccc(F)c2cccnc12)c1ccc(Cl)cc1. The molecule has 0 unspecified atom stereocenters. The molecular formula is C21H18ClFN2O3. The van der Waals surface area contributed by atoms with E-state index >= 15 is 0 Å². The summed E-state index contributed by atoms with van der Waals surface area (Å²) in [5.74, 6) is -1.14. The Balaban J connectivity index is 1.71. The van der Waals surface area contributed by atoms with Gasteiger partial charge in [0.1, 0.15) is 12.4 Å². The van der Waals surface area contributed by atoms with Gasteiger partial charge in [0.05, 0.1) is 18.0 Å². The first kappa shape index (κ1) is 19.8. The van der Waals surface area contributed by atoms with Gasteiger partial charge in [0.25, 0.3) is 0 Å². The number of aromatic nitrogens is 1. The molecule has 0 saturated heterocycles. The molecule has 0 spiro atoms. The lowest BCUT2D eigenvalue weighted by atomic mass is 10.0. The number of carbonyl (C=O) groups excluding carboxylic acids is 2. The van der Waals surface area contributed by atoms with Crippen LogP contribution in [0.25, 0.3) is 10.9 Å². The highest BCUT2D eigenvalue weighted by Crippen LogP contribution is 2.22. The lowest BCUT2D eigenvalue weighted by Crippen LogP contribution is -2.28. The Labute approximate surface area is 166 Å². The summed E-state index contributed by atoms with van der Waals surface area (Å²) in [6.45, 7) is 1.34. The van der Waals surface area contributed by atoms with Crippen molar-refractivity contribution in [2.75, 3.05) is 0 Å². The molecule has 3 rings (SSSR count). The van der Waals surface area contributed by atoms with Crippen LogP contribution in [-0.2, 0) is 20.9 Å². The molecule has 0 aliphatic rings. The second-order valence-corrected chi connectivity index (χ2v) is 6.71. The standard InChI is InChI=1S/C21H18ClFN2O3/c1-13(26)25-19(14-4-7-16(22)8-5-14)11-20(27)28-12-15-6-9-18(23)17-3-2-10-24-21(15)17/h2-10,19H,11-12H2,1H3,(H,25,26)/t19-/m1/s1. The minimum Gasteiger partial charge on any atom is -0.461 e. The third kappa shape index (κ3) is 4.84. The number of hydrogen-bond acceptors (Lipinski definition) is 4. The summed E-state index contributed by atoms with van der Waals surface area (Å²) in [5.41, 5.74) is 1.80. The molecular weight excluding hydrogens is 383 g/mol. The topological polar surface area (TPSA) is 68.3 Å². The first-order chi connectivity index (χ1) is 13.4. The number of hydrogen-bond donors (Lipinski definition) is 1. The van der Waals surface area contributed by atoms with Crippen LogP contribution in [0.1, 0.15) is 30.5 Å². The Morgan fingerprint density at radius 2 is 1.93 bits per heavy atom. The summed E-state index contributed by atoms with van der Waals surface area (Å²) in [6, 6.07) is 12.5. The first-order valence-corrected chi connectivity index (χ1v) is 9.02. The molecule has 7 heteroatoms. The largest absolute Gasteiger partial charge is 0.461 e. The van der Waals surface area contributed by atoms with E-state index in [9.17, 15) is 14.0 Å². The maximum absolute atomic E-state index is 13.9. The third-order valence-electron chi connectivity index (χ3n) is 4.21. The fourth-order valence-electron chi connectivity index (χ4n) is 2.89. The predicted molar refractivity (Wildman–Crippen MR) is 104 cm³/mol. The molecule has 0 aliphatic carbocycles. The van der Waals surface area contributed by atoms with Gasteiger partial charge >= 0.3 is 5.97 Å². The number of nitrogens with zero attached hydrogens (tertiary/aromatic N) is 1. The third-order valence-corrected chi connectivity index (χ3v) is 4.46. The first-order valence-electron chi connectivity index (χ1n) is 8.64. The Hall–Kier alpha value is -2.99. The van der Waals surface area contributed by atoms with Crippen LogP contribution in [0.2, 0.25) is 5.02 Å². The number of rotatable bonds is 6. The van der Waals surface area contributed by atoms with E-state index in [1.807, 2.05) is 0 Å². The molecule has 3 aromatic rings. The quantitative estimate of drug-likeness (QED) is 0.625. The van der Waals surface area contributed by atoms with Crippen LogP contribution in [0.5, 0.6) is 0 Å². The average Bonchev–Trinajstić information content (AvgIpc) is 2.67. The minimum absolute atomic E-state index is 0.0416. The van der Waals surface area contributed by atoms with Crippen LogP contribution >= 0.6 is 11.6 Å². The number of nitrogens with one attached hydrogen (secondary N) is 1. The van der Waals surface area contributed by atoms with Crippen LogP contribution in [-0.4, -0.2) is 16.9 Å². The number of esters is 1. The molecule has 1 amide bonds. The van der Waals surface area contributed by atoms with E-state index in [0.29, 0.717) is 21.5 Å². The van der Waals surface area contributed by atoms with Crippen molar-refractivity contribution in [3.63, 3.8) is 0 Å². The van der Waals surface area contributed by atoms with Gasteiger partial charge in [-0.25, -0.2) is 4.39 Å². The number of carbonyl (C=O) groups is 2. The van der Waals surface area contributed by atoms with Gasteiger partial charge in [-0.15, -0.1) is 0 Å². The number of benzene rings is 2. The van der Waals surface area contributed by atoms with E-state index in [1.165, 1.54) is 13.0 Å². The Bertz CT molecular complexity index is 1010. The van der Waals surface area contributed by atoms with E-state index < -0.39 is 12.0 Å². The fourth-order valence-corrected chi connectivity index (χ4v) is 3.02. The molecule has 0 bridgehead atoms. The van der Waals surface area contributed by atoms with Gasteiger partial charge < -0.3 is 10.1 Å². The summed E-state index contributed by atoms with van der Waals surface area (Å²) >= 11 is 5.89. The van der Waals surface area contributed by atoms with Crippen LogP contribution in [0.4, 0.5) is 4.39 Å². The zero-order valence-corrected chi connectivity index (χ0v) is 15.9. The van der Waals surface area contributed by atoms with Crippen LogP contribution in [0, 0.1) is 5.82 Å². The van der Waals surface area contributed by atoms with Gasteiger partial charge in [-0.05, 0) is 35.9 Å². The van der Waals surface area contributed by atoms with Crippen LogP contribution in [0.3, 0.4) is 0 Å². The molecule has 1 N–H and O–H groups in total. The number of halogens is 2. The number of pyridine rings is 1. The second-order valence-electron chi connectivity index (χ2n) is 6.28. The zero-order chi connectivity index (χ0) is 20.1. The lowest BCUT2D eigenvalue weighted by molar-refractivity contribution is -0.145. The van der Waals surface area contributed by atoms with Crippen molar-refractivity contribution >= 4 is 34.4 Å². The highest BCUT2D eigenvalue weighted by molar-refractivity contribution is 6.30. The number of amides is 1.